The van der Waals surface area contributed by atoms with Crippen LogP contribution in [0, 0.1) is 5.82 Å². The SMILES string of the molecule is CCCNCc1cc(F)cnc1OCc1ccccc1. The molecular formula is C16H19FN2O. The molecule has 1 aromatic carbocycles. The van der Waals surface area contributed by atoms with Gasteiger partial charge in [0.25, 0.3) is 0 Å². The van der Waals surface area contributed by atoms with Crippen LogP contribution in [0.25, 0.3) is 0 Å². The maximum atomic E-state index is 13.3. The first-order valence-electron chi connectivity index (χ1n) is 6.81. The molecule has 1 aromatic heterocycles. The molecule has 3 nitrogen and oxygen atoms in total. The van der Waals surface area contributed by atoms with Gasteiger partial charge in [0.15, 0.2) is 0 Å². The zero-order chi connectivity index (χ0) is 14.2. The van der Waals surface area contributed by atoms with Gasteiger partial charge in [-0.25, -0.2) is 9.37 Å². The van der Waals surface area contributed by atoms with Crippen LogP contribution in [0.1, 0.15) is 24.5 Å². The van der Waals surface area contributed by atoms with Gasteiger partial charge < -0.3 is 10.1 Å². The van der Waals surface area contributed by atoms with Crippen LogP contribution < -0.4 is 10.1 Å². The molecule has 0 radical (unpaired) electrons. The van der Waals surface area contributed by atoms with Crippen molar-refractivity contribution in [1.82, 2.24) is 10.3 Å². The van der Waals surface area contributed by atoms with Gasteiger partial charge in [-0.3, -0.25) is 0 Å². The summed E-state index contributed by atoms with van der Waals surface area (Å²) >= 11 is 0. The molecule has 0 saturated heterocycles. The minimum Gasteiger partial charge on any atom is -0.473 e. The number of hydrogen-bond donors (Lipinski definition) is 1. The van der Waals surface area contributed by atoms with Gasteiger partial charge in [0.2, 0.25) is 5.88 Å². The molecule has 0 bridgehead atoms. The van der Waals surface area contributed by atoms with E-state index in [9.17, 15) is 4.39 Å². The first-order valence-corrected chi connectivity index (χ1v) is 6.81. The van der Waals surface area contributed by atoms with Crippen molar-refractivity contribution in [3.05, 3.63) is 59.5 Å². The third kappa shape index (κ3) is 4.31. The summed E-state index contributed by atoms with van der Waals surface area (Å²) in [6, 6.07) is 11.3. The van der Waals surface area contributed by atoms with E-state index in [-0.39, 0.29) is 5.82 Å². The van der Waals surface area contributed by atoms with Crippen LogP contribution in [0.15, 0.2) is 42.6 Å². The monoisotopic (exact) mass is 274 g/mol. The molecule has 0 aliphatic heterocycles. The van der Waals surface area contributed by atoms with E-state index in [4.69, 9.17) is 4.74 Å². The number of halogens is 1. The van der Waals surface area contributed by atoms with Crippen LogP contribution in [0.5, 0.6) is 5.88 Å². The molecule has 0 aliphatic rings. The molecular weight excluding hydrogens is 255 g/mol. The Morgan fingerprint density at radius 2 is 2.05 bits per heavy atom. The molecule has 4 heteroatoms. The largest absolute Gasteiger partial charge is 0.473 e. The molecule has 0 aliphatic carbocycles. The molecule has 1 heterocycles. The van der Waals surface area contributed by atoms with Gasteiger partial charge in [0.1, 0.15) is 12.4 Å². The van der Waals surface area contributed by atoms with E-state index in [1.807, 2.05) is 30.3 Å². The number of rotatable bonds is 7. The van der Waals surface area contributed by atoms with E-state index in [0.717, 1.165) is 24.1 Å². The highest BCUT2D eigenvalue weighted by atomic mass is 19.1. The number of pyridine rings is 1. The third-order valence-electron chi connectivity index (χ3n) is 2.85. The number of aromatic nitrogens is 1. The second kappa shape index (κ2) is 7.60. The lowest BCUT2D eigenvalue weighted by molar-refractivity contribution is 0.288. The van der Waals surface area contributed by atoms with E-state index >= 15 is 0 Å². The van der Waals surface area contributed by atoms with Crippen LogP contribution in [0.2, 0.25) is 0 Å². The number of ether oxygens (including phenoxy) is 1. The van der Waals surface area contributed by atoms with Crippen LogP contribution in [-0.2, 0) is 13.2 Å². The second-order valence-electron chi connectivity index (χ2n) is 4.57. The first kappa shape index (κ1) is 14.5. The second-order valence-corrected chi connectivity index (χ2v) is 4.57. The molecule has 0 amide bonds. The molecule has 0 atom stereocenters. The number of hydrogen-bond acceptors (Lipinski definition) is 3. The van der Waals surface area contributed by atoms with Gasteiger partial charge in [-0.1, -0.05) is 37.3 Å². The van der Waals surface area contributed by atoms with E-state index in [2.05, 4.69) is 17.2 Å². The van der Waals surface area contributed by atoms with Gasteiger partial charge in [0, 0.05) is 12.1 Å². The van der Waals surface area contributed by atoms with Crippen molar-refractivity contribution >= 4 is 0 Å². The summed E-state index contributed by atoms with van der Waals surface area (Å²) in [6.07, 6.45) is 2.21. The van der Waals surface area contributed by atoms with Gasteiger partial charge >= 0.3 is 0 Å². The Hall–Kier alpha value is -1.94. The fraction of sp³-hybridized carbons (Fsp3) is 0.312. The Labute approximate surface area is 118 Å². The van der Waals surface area contributed by atoms with E-state index in [1.165, 1.54) is 12.3 Å². The zero-order valence-corrected chi connectivity index (χ0v) is 11.6. The minimum atomic E-state index is -0.342. The van der Waals surface area contributed by atoms with E-state index in [1.54, 1.807) is 0 Å². The van der Waals surface area contributed by atoms with Crippen molar-refractivity contribution in [2.45, 2.75) is 26.5 Å². The summed E-state index contributed by atoms with van der Waals surface area (Å²) in [5.74, 6) is 0.143. The Kier molecular flexibility index (Phi) is 5.50. The smallest absolute Gasteiger partial charge is 0.218 e. The topological polar surface area (TPSA) is 34.2 Å². The summed E-state index contributed by atoms with van der Waals surface area (Å²) in [6.45, 7) is 3.96. The van der Waals surface area contributed by atoms with E-state index < -0.39 is 0 Å². The molecule has 0 fully saturated rings. The number of nitrogens with one attached hydrogen (secondary N) is 1. The van der Waals surface area contributed by atoms with Crippen LogP contribution in [0.4, 0.5) is 4.39 Å². The predicted octanol–water partition coefficient (Wildman–Crippen LogP) is 3.30. The van der Waals surface area contributed by atoms with Crippen molar-refractivity contribution in [3.8, 4) is 5.88 Å². The molecule has 2 rings (SSSR count). The highest BCUT2D eigenvalue weighted by Crippen LogP contribution is 2.17. The highest BCUT2D eigenvalue weighted by Gasteiger charge is 2.07. The summed E-state index contributed by atoms with van der Waals surface area (Å²) in [5, 5.41) is 3.23. The lowest BCUT2D eigenvalue weighted by atomic mass is 10.2. The average Bonchev–Trinajstić information content (AvgIpc) is 2.48. The third-order valence-corrected chi connectivity index (χ3v) is 2.85. The van der Waals surface area contributed by atoms with Gasteiger partial charge in [-0.2, -0.15) is 0 Å². The Balaban J connectivity index is 2.02. The van der Waals surface area contributed by atoms with Crippen molar-refractivity contribution in [2.24, 2.45) is 0 Å². The molecule has 1 N–H and O–H groups in total. The van der Waals surface area contributed by atoms with Crippen molar-refractivity contribution in [3.63, 3.8) is 0 Å². The van der Waals surface area contributed by atoms with Gasteiger partial charge in [-0.15, -0.1) is 0 Å². The predicted molar refractivity (Wildman–Crippen MR) is 77.0 cm³/mol. The van der Waals surface area contributed by atoms with Crippen molar-refractivity contribution < 1.29 is 9.13 Å². The Bertz CT molecular complexity index is 531. The Morgan fingerprint density at radius 3 is 2.80 bits per heavy atom. The van der Waals surface area contributed by atoms with Gasteiger partial charge in [0.05, 0.1) is 6.20 Å². The lowest BCUT2D eigenvalue weighted by Crippen LogP contribution is -2.15. The van der Waals surface area contributed by atoms with Gasteiger partial charge in [-0.05, 0) is 24.6 Å². The maximum Gasteiger partial charge on any atom is 0.218 e. The average molecular weight is 274 g/mol. The maximum absolute atomic E-state index is 13.3. The summed E-state index contributed by atoms with van der Waals surface area (Å²) in [5.41, 5.74) is 1.81. The molecule has 20 heavy (non-hydrogen) atoms. The Morgan fingerprint density at radius 1 is 1.25 bits per heavy atom. The number of benzene rings is 1. The summed E-state index contributed by atoms with van der Waals surface area (Å²) < 4.78 is 19.0. The molecule has 0 unspecified atom stereocenters. The fourth-order valence-electron chi connectivity index (χ4n) is 1.85. The summed E-state index contributed by atoms with van der Waals surface area (Å²) in [7, 11) is 0. The zero-order valence-electron chi connectivity index (χ0n) is 11.6. The van der Waals surface area contributed by atoms with Crippen LogP contribution in [0.3, 0.4) is 0 Å². The normalized spacial score (nSPS) is 10.5. The lowest BCUT2D eigenvalue weighted by Gasteiger charge is -2.11. The quantitative estimate of drug-likeness (QED) is 0.787. The molecule has 0 saturated carbocycles. The standard InChI is InChI=1S/C16H19FN2O/c1-2-8-18-10-14-9-15(17)11-19-16(14)20-12-13-6-4-3-5-7-13/h3-7,9,11,18H,2,8,10,12H2,1H3. The molecule has 0 spiro atoms. The minimum absolute atomic E-state index is 0.342. The van der Waals surface area contributed by atoms with Crippen LogP contribution >= 0.6 is 0 Å². The molecule has 2 aromatic rings. The molecule has 106 valence electrons. The number of nitrogens with zero attached hydrogens (tertiary/aromatic N) is 1. The van der Waals surface area contributed by atoms with Crippen molar-refractivity contribution in [2.75, 3.05) is 6.54 Å². The first-order chi connectivity index (χ1) is 9.79. The van der Waals surface area contributed by atoms with Crippen molar-refractivity contribution in [1.29, 1.82) is 0 Å². The fourth-order valence-corrected chi connectivity index (χ4v) is 1.85. The van der Waals surface area contributed by atoms with E-state index in [0.29, 0.717) is 19.0 Å². The highest BCUT2D eigenvalue weighted by molar-refractivity contribution is 5.26. The van der Waals surface area contributed by atoms with Crippen LogP contribution in [-0.4, -0.2) is 11.5 Å². The summed E-state index contributed by atoms with van der Waals surface area (Å²) in [4.78, 5) is 4.03.